The quantitative estimate of drug-likeness (QED) is 0.0999. The van der Waals surface area contributed by atoms with E-state index in [4.69, 9.17) is 9.47 Å². The number of unbranched alkanes of at least 4 members (excludes halogenated alkanes) is 2. The van der Waals surface area contributed by atoms with E-state index in [1.54, 1.807) is 22.0 Å². The van der Waals surface area contributed by atoms with Crippen molar-refractivity contribution in [3.8, 4) is 0 Å². The summed E-state index contributed by atoms with van der Waals surface area (Å²) in [6.45, 7) is 11.9. The summed E-state index contributed by atoms with van der Waals surface area (Å²) < 4.78 is 12.3. The van der Waals surface area contributed by atoms with E-state index in [1.165, 1.54) is 0 Å². The fraction of sp³-hybridized carbons (Fsp3) is 0.487. The number of nitrogens with zero attached hydrogens (tertiary/aromatic N) is 2. The van der Waals surface area contributed by atoms with E-state index in [0.717, 1.165) is 22.4 Å². The van der Waals surface area contributed by atoms with Crippen molar-refractivity contribution in [3.05, 3.63) is 90.5 Å². The molecule has 268 valence electrons. The first-order valence-electron chi connectivity index (χ1n) is 17.4. The number of anilines is 1. The van der Waals surface area contributed by atoms with E-state index >= 15 is 0 Å². The second kappa shape index (κ2) is 16.5. The summed E-state index contributed by atoms with van der Waals surface area (Å²) in [6.07, 6.45) is 5.51. The van der Waals surface area contributed by atoms with Crippen molar-refractivity contribution < 1.29 is 33.8 Å². The molecule has 3 heterocycles. The number of likely N-dealkylation sites (tertiary alicyclic amines) is 1. The second-order valence-corrected chi connectivity index (χ2v) is 14.6. The van der Waals surface area contributed by atoms with E-state index in [-0.39, 0.29) is 49.4 Å². The molecule has 2 aromatic rings. The van der Waals surface area contributed by atoms with Gasteiger partial charge in [-0.3, -0.25) is 19.2 Å². The lowest BCUT2D eigenvalue weighted by Gasteiger charge is -2.38. The molecule has 11 heteroatoms. The van der Waals surface area contributed by atoms with Gasteiger partial charge in [0.1, 0.15) is 18.2 Å². The highest BCUT2D eigenvalue weighted by molar-refractivity contribution is 9.09. The molecule has 3 fully saturated rings. The van der Waals surface area contributed by atoms with Crippen LogP contribution in [0.5, 0.6) is 0 Å². The molecular formula is C39H48BrN3O7. The number of para-hydroxylation sites is 1. The minimum Gasteiger partial charge on any atom is -0.463 e. The smallest absolute Gasteiger partial charge is 0.306 e. The van der Waals surface area contributed by atoms with E-state index in [1.807, 2.05) is 62.4 Å². The first-order valence-corrected chi connectivity index (χ1v) is 18.3. The fourth-order valence-corrected chi connectivity index (χ4v) is 8.90. The van der Waals surface area contributed by atoms with Crippen molar-refractivity contribution in [2.45, 2.75) is 81.0 Å². The predicted octanol–water partition coefficient (Wildman–Crippen LogP) is 5.10. The largest absolute Gasteiger partial charge is 0.463 e. The van der Waals surface area contributed by atoms with Crippen LogP contribution in [0.2, 0.25) is 0 Å². The SMILES string of the molecule is C=CCCC(=O)OC[C@H](NC(=O)[C@H]1[C@@H]2O[C@@]3(CC2Br)[C@@H]1C(=O)N(CCCCCO)[C@@H]3C(=O)N(CC=C)c1c(C)cccc1C)c1ccccc1. The lowest BCUT2D eigenvalue weighted by Crippen LogP contribution is -2.57. The third kappa shape index (κ3) is 7.31. The maximum absolute atomic E-state index is 15.0. The Hall–Kier alpha value is -3.80. The van der Waals surface area contributed by atoms with Gasteiger partial charge in [0.25, 0.3) is 5.91 Å². The van der Waals surface area contributed by atoms with E-state index in [2.05, 4.69) is 34.4 Å². The van der Waals surface area contributed by atoms with Crippen LogP contribution in [0.25, 0.3) is 0 Å². The lowest BCUT2D eigenvalue weighted by atomic mass is 9.70. The molecule has 3 saturated heterocycles. The number of allylic oxidation sites excluding steroid dienone is 1. The van der Waals surface area contributed by atoms with Gasteiger partial charge in [-0.05, 0) is 62.6 Å². The van der Waals surface area contributed by atoms with Crippen molar-refractivity contribution >= 4 is 45.3 Å². The number of alkyl halides is 1. The van der Waals surface area contributed by atoms with Gasteiger partial charge in [-0.1, -0.05) is 76.6 Å². The van der Waals surface area contributed by atoms with Crippen LogP contribution in [0.15, 0.2) is 73.8 Å². The Balaban J connectivity index is 1.50. The molecular weight excluding hydrogens is 702 g/mol. The van der Waals surface area contributed by atoms with Crippen LogP contribution in [0.4, 0.5) is 5.69 Å². The molecule has 1 spiro atoms. The Bertz CT molecular complexity index is 1560. The molecule has 3 aliphatic heterocycles. The van der Waals surface area contributed by atoms with E-state index < -0.39 is 47.5 Å². The summed E-state index contributed by atoms with van der Waals surface area (Å²) in [6, 6.07) is 13.4. The first kappa shape index (κ1) is 37.5. The molecule has 3 aliphatic rings. The van der Waals surface area contributed by atoms with Crippen LogP contribution in [0.1, 0.15) is 61.3 Å². The number of ether oxygens (including phenoxy) is 2. The van der Waals surface area contributed by atoms with Crippen molar-refractivity contribution in [3.63, 3.8) is 0 Å². The maximum Gasteiger partial charge on any atom is 0.306 e. The second-order valence-electron chi connectivity index (χ2n) is 13.4. The van der Waals surface area contributed by atoms with Crippen molar-refractivity contribution in [2.75, 3.05) is 31.2 Å². The Morgan fingerprint density at radius 2 is 1.82 bits per heavy atom. The highest BCUT2D eigenvalue weighted by atomic mass is 79.9. The average molecular weight is 751 g/mol. The number of fused-ring (bicyclic) bond motifs is 1. The first-order chi connectivity index (χ1) is 24.1. The number of aryl methyl sites for hydroxylation is 2. The summed E-state index contributed by atoms with van der Waals surface area (Å²) in [5.41, 5.74) is 2.09. The molecule has 3 amide bonds. The molecule has 10 nitrogen and oxygen atoms in total. The number of halogens is 1. The number of hydrogen-bond donors (Lipinski definition) is 2. The lowest BCUT2D eigenvalue weighted by molar-refractivity contribution is -0.145. The van der Waals surface area contributed by atoms with Gasteiger partial charge in [0.05, 0.1) is 24.0 Å². The summed E-state index contributed by atoms with van der Waals surface area (Å²) in [5, 5.41) is 12.5. The number of hydrogen-bond acceptors (Lipinski definition) is 7. The van der Waals surface area contributed by atoms with Crippen LogP contribution in [0.3, 0.4) is 0 Å². The number of aliphatic hydroxyl groups excluding tert-OH is 1. The highest BCUT2D eigenvalue weighted by Crippen LogP contribution is 2.60. The number of rotatable bonds is 17. The summed E-state index contributed by atoms with van der Waals surface area (Å²) in [7, 11) is 0. The summed E-state index contributed by atoms with van der Waals surface area (Å²) in [4.78, 5) is 59.5. The number of amides is 3. The van der Waals surface area contributed by atoms with Gasteiger partial charge >= 0.3 is 5.97 Å². The number of carbonyl (C=O) groups is 4. The van der Waals surface area contributed by atoms with E-state index in [0.29, 0.717) is 32.1 Å². The minimum atomic E-state index is -1.25. The molecule has 5 rings (SSSR count). The van der Waals surface area contributed by atoms with Crippen LogP contribution >= 0.6 is 15.9 Å². The van der Waals surface area contributed by atoms with Crippen LogP contribution in [0, 0.1) is 25.7 Å². The van der Waals surface area contributed by atoms with Crippen molar-refractivity contribution in [2.24, 2.45) is 11.8 Å². The molecule has 0 aliphatic carbocycles. The Morgan fingerprint density at radius 1 is 1.10 bits per heavy atom. The topological polar surface area (TPSA) is 125 Å². The Kier molecular flexibility index (Phi) is 12.3. The molecule has 1 unspecified atom stereocenters. The van der Waals surface area contributed by atoms with Gasteiger partial charge in [0.15, 0.2) is 0 Å². The molecule has 0 aromatic heterocycles. The van der Waals surface area contributed by atoms with Crippen LogP contribution < -0.4 is 10.2 Å². The van der Waals surface area contributed by atoms with E-state index in [9.17, 15) is 24.3 Å². The number of aliphatic hydroxyl groups is 1. The Morgan fingerprint density at radius 3 is 2.48 bits per heavy atom. The molecule has 2 bridgehead atoms. The van der Waals surface area contributed by atoms with Crippen molar-refractivity contribution in [1.82, 2.24) is 10.2 Å². The molecule has 2 N–H and O–H groups in total. The Labute approximate surface area is 303 Å². The number of carbonyl (C=O) groups excluding carboxylic acids is 4. The molecule has 7 atom stereocenters. The van der Waals surface area contributed by atoms with Crippen molar-refractivity contribution in [1.29, 1.82) is 0 Å². The fourth-order valence-electron chi connectivity index (χ4n) is 7.96. The third-order valence-electron chi connectivity index (χ3n) is 10.2. The highest BCUT2D eigenvalue weighted by Gasteiger charge is 2.76. The van der Waals surface area contributed by atoms with Gasteiger partial charge in [0.2, 0.25) is 11.8 Å². The van der Waals surface area contributed by atoms with Gasteiger partial charge in [0, 0.05) is 36.6 Å². The summed E-state index contributed by atoms with van der Waals surface area (Å²) in [5.74, 6) is -3.17. The number of nitrogens with one attached hydrogen (secondary N) is 1. The average Bonchev–Trinajstić information content (AvgIpc) is 3.70. The van der Waals surface area contributed by atoms with Crippen LogP contribution in [-0.2, 0) is 28.7 Å². The maximum atomic E-state index is 15.0. The number of benzene rings is 2. The molecule has 0 radical (unpaired) electrons. The standard InChI is InChI=1S/C39H48BrN3O7/c1-5-7-19-30(45)49-24-29(27-17-10-8-11-18-27)41-36(46)31-32-37(47)43(21-12-9-13-22-44)35(39(32)23-28(40)34(31)50-39)38(48)42(20-6-2)33-25(3)15-14-16-26(33)4/h5-6,8,10-11,14-18,28-29,31-32,34-35,44H,1-2,7,9,12-13,19-24H2,3-4H3,(H,41,46)/t28?,29-,31+,32-,34+,35+,39-/m0/s1. The number of esters is 1. The molecule has 50 heavy (non-hydrogen) atoms. The third-order valence-corrected chi connectivity index (χ3v) is 11.0. The van der Waals surface area contributed by atoms with Gasteiger partial charge in [-0.25, -0.2) is 0 Å². The molecule has 0 saturated carbocycles. The monoisotopic (exact) mass is 749 g/mol. The zero-order valence-corrected chi connectivity index (χ0v) is 30.5. The predicted molar refractivity (Wildman–Crippen MR) is 195 cm³/mol. The van der Waals surface area contributed by atoms with Gasteiger partial charge in [-0.2, -0.15) is 0 Å². The zero-order chi connectivity index (χ0) is 36.0. The molecule has 2 aromatic carbocycles. The zero-order valence-electron chi connectivity index (χ0n) is 28.9. The van der Waals surface area contributed by atoms with Crippen LogP contribution in [-0.4, -0.2) is 82.6 Å². The summed E-state index contributed by atoms with van der Waals surface area (Å²) >= 11 is 3.76. The minimum absolute atomic E-state index is 0.0347. The normalized spacial score (nSPS) is 25.6. The van der Waals surface area contributed by atoms with Gasteiger partial charge < -0.3 is 29.7 Å². The van der Waals surface area contributed by atoms with Gasteiger partial charge in [-0.15, -0.1) is 13.2 Å².